The molecule has 1 unspecified atom stereocenters. The van der Waals surface area contributed by atoms with Crippen LogP contribution in [0.25, 0.3) is 0 Å². The predicted molar refractivity (Wildman–Crippen MR) is 111 cm³/mol. The first-order chi connectivity index (χ1) is 14.3. The van der Waals surface area contributed by atoms with Crippen LogP contribution in [-0.4, -0.2) is 39.0 Å². The molecular formula is C21H24N2O6S. The third kappa shape index (κ3) is 5.80. The van der Waals surface area contributed by atoms with Gasteiger partial charge in [-0.15, -0.1) is 0 Å². The summed E-state index contributed by atoms with van der Waals surface area (Å²) >= 11 is 0. The van der Waals surface area contributed by atoms with Crippen LogP contribution in [0.1, 0.15) is 37.0 Å². The molecule has 0 saturated heterocycles. The normalized spacial score (nSPS) is 14.6. The van der Waals surface area contributed by atoms with Crippen molar-refractivity contribution in [2.75, 3.05) is 11.9 Å². The number of carbonyl (C=O) groups excluding carboxylic acids is 2. The Bertz CT molecular complexity index is 999. The fraction of sp³-hybridized carbons (Fsp3) is 0.333. The number of hydrogen-bond donors (Lipinski definition) is 2. The lowest BCUT2D eigenvalue weighted by Gasteiger charge is -2.14. The quantitative estimate of drug-likeness (QED) is 0.590. The van der Waals surface area contributed by atoms with Gasteiger partial charge < -0.3 is 14.8 Å². The Hall–Kier alpha value is -2.91. The molecule has 0 radical (unpaired) electrons. The molecule has 3 rings (SSSR count). The number of sulfonamides is 1. The predicted octanol–water partition coefficient (Wildman–Crippen LogP) is 2.71. The van der Waals surface area contributed by atoms with Crippen LogP contribution in [0.5, 0.6) is 5.75 Å². The topological polar surface area (TPSA) is 111 Å². The van der Waals surface area contributed by atoms with E-state index in [4.69, 9.17) is 9.47 Å². The third-order valence-corrected chi connectivity index (χ3v) is 5.92. The molecule has 1 atom stereocenters. The summed E-state index contributed by atoms with van der Waals surface area (Å²) < 4.78 is 37.5. The summed E-state index contributed by atoms with van der Waals surface area (Å²) in [5.41, 5.74) is 0.699. The molecule has 0 heterocycles. The Morgan fingerprint density at radius 1 is 1.07 bits per heavy atom. The highest BCUT2D eigenvalue weighted by molar-refractivity contribution is 7.89. The van der Waals surface area contributed by atoms with Gasteiger partial charge in [-0.05, 0) is 75.2 Å². The van der Waals surface area contributed by atoms with Gasteiger partial charge in [-0.25, -0.2) is 17.9 Å². The third-order valence-electron chi connectivity index (χ3n) is 4.39. The molecule has 1 amide bonds. The van der Waals surface area contributed by atoms with Crippen LogP contribution in [-0.2, 0) is 19.6 Å². The fourth-order valence-electron chi connectivity index (χ4n) is 2.59. The minimum absolute atomic E-state index is 0.00521. The van der Waals surface area contributed by atoms with Crippen molar-refractivity contribution in [2.45, 2.75) is 43.7 Å². The first-order valence-electron chi connectivity index (χ1n) is 9.65. The Labute approximate surface area is 175 Å². The maximum atomic E-state index is 12.3. The van der Waals surface area contributed by atoms with Crippen LogP contribution in [0.15, 0.2) is 53.4 Å². The summed E-state index contributed by atoms with van der Waals surface area (Å²) in [7, 11) is -3.59. The molecule has 1 fully saturated rings. The highest BCUT2D eigenvalue weighted by Gasteiger charge is 2.28. The van der Waals surface area contributed by atoms with Crippen molar-refractivity contribution in [1.29, 1.82) is 0 Å². The van der Waals surface area contributed by atoms with Crippen molar-refractivity contribution in [3.63, 3.8) is 0 Å². The van der Waals surface area contributed by atoms with Crippen molar-refractivity contribution in [1.82, 2.24) is 4.72 Å². The highest BCUT2D eigenvalue weighted by Crippen LogP contribution is 2.22. The van der Waals surface area contributed by atoms with E-state index in [0.717, 1.165) is 12.8 Å². The molecule has 0 aromatic heterocycles. The molecule has 1 aliphatic carbocycles. The van der Waals surface area contributed by atoms with E-state index in [-0.39, 0.29) is 16.5 Å². The van der Waals surface area contributed by atoms with Gasteiger partial charge in [0.2, 0.25) is 10.0 Å². The average Bonchev–Trinajstić information content (AvgIpc) is 3.53. The average molecular weight is 432 g/mol. The van der Waals surface area contributed by atoms with Crippen molar-refractivity contribution >= 4 is 27.6 Å². The highest BCUT2D eigenvalue weighted by atomic mass is 32.2. The van der Waals surface area contributed by atoms with E-state index in [1.807, 2.05) is 6.92 Å². The number of hydrogen-bond acceptors (Lipinski definition) is 6. The maximum absolute atomic E-state index is 12.3. The maximum Gasteiger partial charge on any atom is 0.338 e. The Morgan fingerprint density at radius 3 is 2.27 bits per heavy atom. The molecular weight excluding hydrogens is 408 g/mol. The molecule has 160 valence electrons. The fourth-order valence-corrected chi connectivity index (χ4v) is 3.89. The standard InChI is InChI=1S/C21H24N2O6S/c1-3-28-18-10-8-16(9-11-18)22-20(24)14(2)29-21(25)15-4-12-19(13-5-15)30(26,27)23-17-6-7-17/h4-5,8-14,17,23H,3,6-7H2,1-2H3,(H,22,24). The van der Waals surface area contributed by atoms with Crippen LogP contribution in [0.2, 0.25) is 0 Å². The van der Waals surface area contributed by atoms with Crippen LogP contribution >= 0.6 is 0 Å². The molecule has 8 nitrogen and oxygen atoms in total. The van der Waals surface area contributed by atoms with E-state index in [1.54, 1.807) is 24.3 Å². The summed E-state index contributed by atoms with van der Waals surface area (Å²) in [4.78, 5) is 24.6. The zero-order chi connectivity index (χ0) is 21.7. The van der Waals surface area contributed by atoms with Gasteiger partial charge in [0.15, 0.2) is 6.10 Å². The molecule has 2 aromatic carbocycles. The zero-order valence-corrected chi connectivity index (χ0v) is 17.6. The van der Waals surface area contributed by atoms with E-state index < -0.39 is 28.0 Å². The SMILES string of the molecule is CCOc1ccc(NC(=O)C(C)OC(=O)c2ccc(S(=O)(=O)NC3CC3)cc2)cc1. The number of ether oxygens (including phenoxy) is 2. The Kier molecular flexibility index (Phi) is 6.73. The van der Waals surface area contributed by atoms with Crippen LogP contribution in [0, 0.1) is 0 Å². The molecule has 2 N–H and O–H groups in total. The van der Waals surface area contributed by atoms with E-state index in [9.17, 15) is 18.0 Å². The van der Waals surface area contributed by atoms with E-state index in [1.165, 1.54) is 31.2 Å². The number of amides is 1. The summed E-state index contributed by atoms with van der Waals surface area (Å²) in [6.07, 6.45) is 0.629. The summed E-state index contributed by atoms with van der Waals surface area (Å²) in [5.74, 6) is -0.517. The molecule has 30 heavy (non-hydrogen) atoms. The van der Waals surface area contributed by atoms with Gasteiger partial charge in [0.05, 0.1) is 17.1 Å². The van der Waals surface area contributed by atoms with Crippen molar-refractivity contribution in [3.05, 3.63) is 54.1 Å². The summed E-state index contributed by atoms with van der Waals surface area (Å²) in [6, 6.07) is 12.2. The Morgan fingerprint density at radius 2 is 1.70 bits per heavy atom. The van der Waals surface area contributed by atoms with Crippen LogP contribution < -0.4 is 14.8 Å². The first-order valence-corrected chi connectivity index (χ1v) is 11.1. The van der Waals surface area contributed by atoms with Crippen molar-refractivity contribution < 1.29 is 27.5 Å². The number of carbonyl (C=O) groups is 2. The minimum Gasteiger partial charge on any atom is -0.494 e. The zero-order valence-electron chi connectivity index (χ0n) is 16.8. The number of rotatable bonds is 9. The monoisotopic (exact) mass is 432 g/mol. The van der Waals surface area contributed by atoms with Gasteiger partial charge in [0.25, 0.3) is 5.91 Å². The van der Waals surface area contributed by atoms with Gasteiger partial charge in [-0.1, -0.05) is 0 Å². The van der Waals surface area contributed by atoms with Crippen molar-refractivity contribution in [3.8, 4) is 5.75 Å². The molecule has 0 spiro atoms. The van der Waals surface area contributed by atoms with E-state index in [0.29, 0.717) is 18.0 Å². The van der Waals surface area contributed by atoms with Gasteiger partial charge >= 0.3 is 5.97 Å². The number of nitrogens with one attached hydrogen (secondary N) is 2. The lowest BCUT2D eigenvalue weighted by molar-refractivity contribution is -0.123. The number of benzene rings is 2. The van der Waals surface area contributed by atoms with Crippen molar-refractivity contribution in [2.24, 2.45) is 0 Å². The van der Waals surface area contributed by atoms with Gasteiger partial charge in [0.1, 0.15) is 5.75 Å². The second-order valence-electron chi connectivity index (χ2n) is 6.91. The second kappa shape index (κ2) is 9.27. The summed E-state index contributed by atoms with van der Waals surface area (Å²) in [6.45, 7) is 3.88. The number of esters is 1. The molecule has 0 aliphatic heterocycles. The molecule has 2 aromatic rings. The molecule has 1 saturated carbocycles. The molecule has 0 bridgehead atoms. The van der Waals surface area contributed by atoms with Gasteiger partial charge in [-0.3, -0.25) is 4.79 Å². The lowest BCUT2D eigenvalue weighted by Crippen LogP contribution is -2.30. The minimum atomic E-state index is -3.59. The summed E-state index contributed by atoms with van der Waals surface area (Å²) in [5, 5.41) is 2.66. The van der Waals surface area contributed by atoms with Gasteiger partial charge in [-0.2, -0.15) is 0 Å². The molecule has 9 heteroatoms. The van der Waals surface area contributed by atoms with Crippen LogP contribution in [0.4, 0.5) is 5.69 Å². The van der Waals surface area contributed by atoms with E-state index in [2.05, 4.69) is 10.0 Å². The van der Waals surface area contributed by atoms with E-state index >= 15 is 0 Å². The lowest BCUT2D eigenvalue weighted by atomic mass is 10.2. The smallest absolute Gasteiger partial charge is 0.338 e. The second-order valence-corrected chi connectivity index (χ2v) is 8.63. The molecule has 1 aliphatic rings. The number of anilines is 1. The first kappa shape index (κ1) is 21.8. The van der Waals surface area contributed by atoms with Gasteiger partial charge in [0, 0.05) is 11.7 Å². The van der Waals surface area contributed by atoms with Crippen LogP contribution in [0.3, 0.4) is 0 Å². The Balaban J connectivity index is 1.55. The largest absolute Gasteiger partial charge is 0.494 e.